The summed E-state index contributed by atoms with van der Waals surface area (Å²) in [5.41, 5.74) is 2.30. The summed E-state index contributed by atoms with van der Waals surface area (Å²) in [5.74, 6) is -0.920. The second kappa shape index (κ2) is 5.38. The number of nitrogens with zero attached hydrogens (tertiary/aromatic N) is 1. The molecule has 17 heavy (non-hydrogen) atoms. The normalized spacial score (nSPS) is 18.5. The van der Waals surface area contributed by atoms with Gasteiger partial charge in [0.2, 0.25) is 0 Å². The zero-order chi connectivity index (χ0) is 12.4. The fraction of sp³-hybridized carbons (Fsp3) is 0.0833. The number of hydrogen-bond acceptors (Lipinski definition) is 2. The monoisotopic (exact) mass is 453 g/mol. The van der Waals surface area contributed by atoms with Crippen LogP contribution in [0.25, 0.3) is 6.08 Å². The van der Waals surface area contributed by atoms with Gasteiger partial charge in [0.15, 0.2) is 0 Å². The molecule has 3 nitrogen and oxygen atoms in total. The second-order valence-electron chi connectivity index (χ2n) is 3.54. The van der Waals surface area contributed by atoms with Crippen molar-refractivity contribution in [2.24, 2.45) is 0 Å². The Balaban J connectivity index is 2.44. The van der Waals surface area contributed by atoms with Crippen LogP contribution in [0.5, 0.6) is 0 Å². The summed E-state index contributed by atoms with van der Waals surface area (Å²) in [6.07, 6.45) is 6.91. The van der Waals surface area contributed by atoms with Crippen LogP contribution in [0.2, 0.25) is 0 Å². The van der Waals surface area contributed by atoms with Crippen molar-refractivity contribution in [2.45, 2.75) is 6.04 Å². The zero-order valence-corrected chi connectivity index (χ0v) is 13.0. The quantitative estimate of drug-likeness (QED) is 0.423. The van der Waals surface area contributed by atoms with Gasteiger partial charge in [0, 0.05) is 15.8 Å². The number of carbonyl (C=O) groups is 1. The maximum absolute atomic E-state index is 10.6. The summed E-state index contributed by atoms with van der Waals surface area (Å²) in [6, 6.07) is 6.04. The summed E-state index contributed by atoms with van der Waals surface area (Å²) < 4.78 is 3.14. The van der Waals surface area contributed by atoms with Crippen molar-refractivity contribution in [3.05, 3.63) is 51.2 Å². The smallest absolute Gasteiger partial charge is 0.328 e. The van der Waals surface area contributed by atoms with Crippen LogP contribution < -0.4 is 0 Å². The van der Waals surface area contributed by atoms with Crippen molar-refractivity contribution in [3.63, 3.8) is 0 Å². The van der Waals surface area contributed by atoms with Crippen molar-refractivity contribution in [2.75, 3.05) is 0 Å². The van der Waals surface area contributed by atoms with E-state index in [1.807, 2.05) is 27.5 Å². The predicted molar refractivity (Wildman–Crippen MR) is 83.6 cm³/mol. The Bertz CT molecular complexity index is 511. The van der Waals surface area contributed by atoms with E-state index < -0.39 is 5.97 Å². The summed E-state index contributed by atoms with van der Waals surface area (Å²) >= 11 is 4.46. The molecule has 0 aromatic heterocycles. The van der Waals surface area contributed by atoms with Gasteiger partial charge in [-0.2, -0.15) is 0 Å². The van der Waals surface area contributed by atoms with Crippen LogP contribution in [-0.2, 0) is 4.79 Å². The van der Waals surface area contributed by atoms with Crippen LogP contribution in [0.4, 0.5) is 0 Å². The Morgan fingerprint density at radius 3 is 2.94 bits per heavy atom. The van der Waals surface area contributed by atoms with Crippen molar-refractivity contribution in [1.29, 1.82) is 0 Å². The average Bonchev–Trinajstić information content (AvgIpc) is 2.27. The number of fused-ring (bicyclic) bond motifs is 1. The lowest BCUT2D eigenvalue weighted by Gasteiger charge is -2.28. The van der Waals surface area contributed by atoms with Crippen LogP contribution in [0, 0.1) is 3.57 Å². The van der Waals surface area contributed by atoms with Gasteiger partial charge in [-0.1, -0.05) is 12.1 Å². The van der Waals surface area contributed by atoms with E-state index in [-0.39, 0.29) is 6.04 Å². The third-order valence-electron chi connectivity index (χ3n) is 2.48. The molecule has 0 saturated heterocycles. The molecule has 1 aromatic carbocycles. The van der Waals surface area contributed by atoms with E-state index in [2.05, 4.69) is 51.5 Å². The summed E-state index contributed by atoms with van der Waals surface area (Å²) in [6.45, 7) is 0. The highest BCUT2D eigenvalue weighted by Crippen LogP contribution is 2.35. The first-order chi connectivity index (χ1) is 8.09. The molecule has 1 heterocycles. The molecule has 1 atom stereocenters. The Hall–Kier alpha value is -0.570. The first-order valence-corrected chi connectivity index (χ1v) is 6.96. The van der Waals surface area contributed by atoms with Gasteiger partial charge < -0.3 is 8.22 Å². The molecule has 0 amide bonds. The van der Waals surface area contributed by atoms with Crippen molar-refractivity contribution >= 4 is 57.5 Å². The second-order valence-corrected chi connectivity index (χ2v) is 5.82. The van der Waals surface area contributed by atoms with Gasteiger partial charge in [0.05, 0.1) is 28.9 Å². The molecule has 0 fully saturated rings. The Labute approximate surface area is 127 Å². The van der Waals surface area contributed by atoms with Gasteiger partial charge in [-0.05, 0) is 51.9 Å². The highest BCUT2D eigenvalue weighted by atomic mass is 127. The van der Waals surface area contributed by atoms with Crippen LogP contribution in [0.15, 0.2) is 36.6 Å². The highest BCUT2D eigenvalue weighted by Gasteiger charge is 2.20. The summed E-state index contributed by atoms with van der Waals surface area (Å²) in [5, 5.41) is 8.71. The Kier molecular flexibility index (Phi) is 4.08. The highest BCUT2D eigenvalue weighted by molar-refractivity contribution is 14.1. The zero-order valence-electron chi connectivity index (χ0n) is 8.68. The van der Waals surface area contributed by atoms with Gasteiger partial charge in [0.25, 0.3) is 0 Å². The molecule has 88 valence electrons. The minimum Gasteiger partial charge on any atom is -0.478 e. The molecule has 5 heteroatoms. The molecule has 0 radical (unpaired) electrons. The third-order valence-corrected chi connectivity index (χ3v) is 4.34. The van der Waals surface area contributed by atoms with Crippen LogP contribution in [0.3, 0.4) is 0 Å². The van der Waals surface area contributed by atoms with Crippen LogP contribution >= 0.6 is 45.5 Å². The Morgan fingerprint density at radius 1 is 1.47 bits per heavy atom. The summed E-state index contributed by atoms with van der Waals surface area (Å²) in [4.78, 5) is 10.6. The standard InChI is InChI=1S/C12H9I2NO2/c13-10-3-1-2-9-8(10)6-7-15(14)11(9)4-5-12(16)17/h1-7,11H,(H,16,17). The van der Waals surface area contributed by atoms with E-state index in [1.54, 1.807) is 6.08 Å². The van der Waals surface area contributed by atoms with Gasteiger partial charge in [-0.15, -0.1) is 0 Å². The molecule has 2 rings (SSSR count). The fourth-order valence-electron chi connectivity index (χ4n) is 1.72. The molecule has 0 aliphatic carbocycles. The molecule has 1 aromatic rings. The lowest BCUT2D eigenvalue weighted by Crippen LogP contribution is -2.16. The van der Waals surface area contributed by atoms with E-state index in [4.69, 9.17) is 5.11 Å². The van der Waals surface area contributed by atoms with Crippen molar-refractivity contribution in [1.82, 2.24) is 3.11 Å². The lowest BCUT2D eigenvalue weighted by molar-refractivity contribution is -0.131. The fourth-order valence-corrected chi connectivity index (χ4v) is 3.06. The van der Waals surface area contributed by atoms with E-state index in [1.165, 1.54) is 15.2 Å². The number of hydrogen-bond donors (Lipinski definition) is 1. The van der Waals surface area contributed by atoms with Crippen LogP contribution in [0.1, 0.15) is 17.2 Å². The third kappa shape index (κ3) is 2.82. The van der Waals surface area contributed by atoms with Gasteiger partial charge in [-0.3, -0.25) is 0 Å². The van der Waals surface area contributed by atoms with Gasteiger partial charge in [0.1, 0.15) is 0 Å². The number of carboxylic acids is 1. The number of benzene rings is 1. The molecule has 0 spiro atoms. The van der Waals surface area contributed by atoms with E-state index in [0.717, 1.165) is 5.56 Å². The molecule has 1 aliphatic rings. The van der Waals surface area contributed by atoms with E-state index in [9.17, 15) is 4.79 Å². The molecule has 1 N–H and O–H groups in total. The van der Waals surface area contributed by atoms with Crippen molar-refractivity contribution < 1.29 is 9.90 Å². The van der Waals surface area contributed by atoms with Crippen molar-refractivity contribution in [3.8, 4) is 0 Å². The molecule has 0 saturated carbocycles. The molecular weight excluding hydrogens is 444 g/mol. The molecule has 1 unspecified atom stereocenters. The SMILES string of the molecule is O=C(O)C=CC1c2cccc(I)c2C=CN1I. The first kappa shape index (κ1) is 12.9. The maximum atomic E-state index is 10.6. The minimum absolute atomic E-state index is 0.0265. The lowest BCUT2D eigenvalue weighted by atomic mass is 9.97. The van der Waals surface area contributed by atoms with E-state index in [0.29, 0.717) is 0 Å². The molecular formula is C12H9I2NO2. The summed E-state index contributed by atoms with van der Waals surface area (Å²) in [7, 11) is 0. The number of aliphatic carboxylic acids is 1. The van der Waals surface area contributed by atoms with E-state index >= 15 is 0 Å². The van der Waals surface area contributed by atoms with Gasteiger partial charge >= 0.3 is 5.97 Å². The molecule has 1 aliphatic heterocycles. The average molecular weight is 453 g/mol. The predicted octanol–water partition coefficient (Wildman–Crippen LogP) is 3.61. The topological polar surface area (TPSA) is 40.5 Å². The molecule has 0 bridgehead atoms. The first-order valence-electron chi connectivity index (χ1n) is 4.91. The van der Waals surface area contributed by atoms with Crippen LogP contribution in [-0.4, -0.2) is 14.2 Å². The Morgan fingerprint density at radius 2 is 2.24 bits per heavy atom. The maximum Gasteiger partial charge on any atom is 0.328 e. The largest absolute Gasteiger partial charge is 0.478 e. The number of carboxylic acid groups (broad SMARTS) is 1. The van der Waals surface area contributed by atoms with Gasteiger partial charge in [-0.25, -0.2) is 4.79 Å². The minimum atomic E-state index is -0.920. The number of rotatable bonds is 2. The number of halogens is 2.